The lowest BCUT2D eigenvalue weighted by Gasteiger charge is -2.07. The molecule has 0 saturated heterocycles. The second kappa shape index (κ2) is 7.20. The number of sulfone groups is 1. The zero-order valence-electron chi connectivity index (χ0n) is 11.2. The van der Waals surface area contributed by atoms with Crippen LogP contribution in [0, 0.1) is 10.1 Å². The Morgan fingerprint density at radius 1 is 1.40 bits per heavy atom. The minimum atomic E-state index is -3.04. The Morgan fingerprint density at radius 2 is 2.10 bits per heavy atom. The Morgan fingerprint density at radius 3 is 2.65 bits per heavy atom. The fourth-order valence-corrected chi connectivity index (χ4v) is 2.41. The smallest absolute Gasteiger partial charge is 0.311 e. The molecule has 0 unspecified atom stereocenters. The molecule has 8 heteroatoms. The van der Waals surface area contributed by atoms with Crippen LogP contribution in [0.1, 0.15) is 18.9 Å². The van der Waals surface area contributed by atoms with Crippen molar-refractivity contribution in [2.75, 3.05) is 18.1 Å². The average Bonchev–Trinajstić information content (AvgIpc) is 2.43. The monoisotopic (exact) mass is 302 g/mol. The van der Waals surface area contributed by atoms with E-state index in [1.54, 1.807) is 13.0 Å². The second-order valence-electron chi connectivity index (χ2n) is 4.20. The van der Waals surface area contributed by atoms with Gasteiger partial charge in [-0.05, 0) is 18.1 Å². The molecule has 0 atom stereocenters. The summed E-state index contributed by atoms with van der Waals surface area (Å²) in [6, 6.07) is 4.48. The van der Waals surface area contributed by atoms with Crippen LogP contribution in [0.3, 0.4) is 0 Å². The molecule has 2 N–H and O–H groups in total. The van der Waals surface area contributed by atoms with Gasteiger partial charge in [-0.1, -0.05) is 13.0 Å². The lowest BCUT2D eigenvalue weighted by atomic mass is 10.2. The van der Waals surface area contributed by atoms with Crippen LogP contribution in [0.5, 0.6) is 5.75 Å². The van der Waals surface area contributed by atoms with E-state index in [9.17, 15) is 18.5 Å². The van der Waals surface area contributed by atoms with E-state index in [0.717, 1.165) is 0 Å². The van der Waals surface area contributed by atoms with E-state index in [2.05, 4.69) is 0 Å². The standard InChI is InChI=1S/C12H18N2O5S/c1-2-20(17,18)7-3-6-19-12-5-4-10(9-13)8-11(12)14(15)16/h4-5,8H,2-3,6-7,9,13H2,1H3. The normalized spacial score (nSPS) is 11.3. The van der Waals surface area contributed by atoms with Gasteiger partial charge in [-0.2, -0.15) is 0 Å². The lowest BCUT2D eigenvalue weighted by Crippen LogP contribution is -2.12. The molecule has 0 aliphatic rings. The van der Waals surface area contributed by atoms with Crippen LogP contribution in [-0.2, 0) is 16.4 Å². The van der Waals surface area contributed by atoms with Gasteiger partial charge < -0.3 is 10.5 Å². The number of ether oxygens (including phenoxy) is 1. The van der Waals surface area contributed by atoms with Gasteiger partial charge in [-0.15, -0.1) is 0 Å². The molecule has 0 radical (unpaired) electrons. The number of hydrogen-bond acceptors (Lipinski definition) is 6. The highest BCUT2D eigenvalue weighted by atomic mass is 32.2. The molecule has 1 aromatic rings. The molecule has 112 valence electrons. The minimum Gasteiger partial charge on any atom is -0.487 e. The first-order valence-electron chi connectivity index (χ1n) is 6.20. The molecule has 1 rings (SSSR count). The maximum atomic E-state index is 11.3. The van der Waals surface area contributed by atoms with E-state index < -0.39 is 14.8 Å². The minimum absolute atomic E-state index is 0.0121. The molecule has 0 aliphatic carbocycles. The summed E-state index contributed by atoms with van der Waals surface area (Å²) in [6.45, 7) is 1.89. The summed E-state index contributed by atoms with van der Waals surface area (Å²) in [5.41, 5.74) is 5.90. The summed E-state index contributed by atoms with van der Waals surface area (Å²) in [7, 11) is -3.04. The van der Waals surface area contributed by atoms with Gasteiger partial charge in [0.05, 0.1) is 17.3 Å². The molecule has 1 aromatic carbocycles. The molecule has 0 aromatic heterocycles. The first kappa shape index (κ1) is 16.4. The average molecular weight is 302 g/mol. The molecular weight excluding hydrogens is 284 g/mol. The predicted octanol–water partition coefficient (Wildman–Crippen LogP) is 1.26. The molecule has 0 bridgehead atoms. The highest BCUT2D eigenvalue weighted by Crippen LogP contribution is 2.27. The largest absolute Gasteiger partial charge is 0.487 e. The van der Waals surface area contributed by atoms with Gasteiger partial charge in [0, 0.05) is 18.4 Å². The van der Waals surface area contributed by atoms with Gasteiger partial charge in [-0.3, -0.25) is 10.1 Å². The van der Waals surface area contributed by atoms with Crippen molar-refractivity contribution in [3.05, 3.63) is 33.9 Å². The number of nitro groups is 1. The SMILES string of the molecule is CCS(=O)(=O)CCCOc1ccc(CN)cc1[N+](=O)[O-]. The molecule has 0 spiro atoms. The van der Waals surface area contributed by atoms with Gasteiger partial charge in [0.1, 0.15) is 9.84 Å². The summed E-state index contributed by atoms with van der Waals surface area (Å²) in [4.78, 5) is 10.4. The summed E-state index contributed by atoms with van der Waals surface area (Å²) in [5, 5.41) is 10.9. The molecule has 0 fully saturated rings. The zero-order valence-corrected chi connectivity index (χ0v) is 12.1. The summed E-state index contributed by atoms with van der Waals surface area (Å²) >= 11 is 0. The van der Waals surface area contributed by atoms with E-state index in [-0.39, 0.29) is 36.1 Å². The van der Waals surface area contributed by atoms with Crippen LogP contribution in [0.15, 0.2) is 18.2 Å². The number of benzene rings is 1. The van der Waals surface area contributed by atoms with Crippen LogP contribution in [0.25, 0.3) is 0 Å². The Kier molecular flexibility index (Phi) is 5.90. The van der Waals surface area contributed by atoms with Crippen molar-refractivity contribution in [1.82, 2.24) is 0 Å². The first-order valence-corrected chi connectivity index (χ1v) is 8.02. The van der Waals surface area contributed by atoms with Crippen molar-refractivity contribution in [1.29, 1.82) is 0 Å². The Hall–Kier alpha value is -1.67. The maximum Gasteiger partial charge on any atom is 0.311 e. The van der Waals surface area contributed by atoms with Crippen molar-refractivity contribution in [2.24, 2.45) is 5.73 Å². The van der Waals surface area contributed by atoms with E-state index in [1.165, 1.54) is 12.1 Å². The van der Waals surface area contributed by atoms with Crippen LogP contribution in [0.2, 0.25) is 0 Å². The topological polar surface area (TPSA) is 113 Å². The van der Waals surface area contributed by atoms with Crippen LogP contribution in [-0.4, -0.2) is 31.5 Å². The van der Waals surface area contributed by atoms with Crippen molar-refractivity contribution in [3.8, 4) is 5.75 Å². The van der Waals surface area contributed by atoms with E-state index >= 15 is 0 Å². The lowest BCUT2D eigenvalue weighted by molar-refractivity contribution is -0.385. The predicted molar refractivity (Wildman–Crippen MR) is 75.4 cm³/mol. The van der Waals surface area contributed by atoms with Gasteiger partial charge in [0.25, 0.3) is 0 Å². The number of nitro benzene ring substituents is 1. The summed E-state index contributed by atoms with van der Waals surface area (Å²) < 4.78 is 27.9. The molecule has 0 amide bonds. The highest BCUT2D eigenvalue weighted by molar-refractivity contribution is 7.91. The fourth-order valence-electron chi connectivity index (χ4n) is 1.56. The summed E-state index contributed by atoms with van der Waals surface area (Å²) in [5.74, 6) is 0.220. The third kappa shape index (κ3) is 4.78. The van der Waals surface area contributed by atoms with Crippen LogP contribution in [0.4, 0.5) is 5.69 Å². The molecule has 7 nitrogen and oxygen atoms in total. The Balaban J connectivity index is 2.66. The third-order valence-corrected chi connectivity index (χ3v) is 4.54. The third-order valence-electron chi connectivity index (χ3n) is 2.75. The van der Waals surface area contributed by atoms with Crippen LogP contribution >= 0.6 is 0 Å². The number of nitrogens with two attached hydrogens (primary N) is 1. The molecule has 0 aliphatic heterocycles. The quantitative estimate of drug-likeness (QED) is 0.439. The van der Waals surface area contributed by atoms with E-state index in [4.69, 9.17) is 10.5 Å². The zero-order chi connectivity index (χ0) is 15.2. The molecular formula is C12H18N2O5S. The molecule has 0 saturated carbocycles. The van der Waals surface area contributed by atoms with Gasteiger partial charge in [0.15, 0.2) is 5.75 Å². The number of hydrogen-bond donors (Lipinski definition) is 1. The van der Waals surface area contributed by atoms with Crippen molar-refractivity contribution < 1.29 is 18.1 Å². The first-order chi connectivity index (χ1) is 9.39. The highest BCUT2D eigenvalue weighted by Gasteiger charge is 2.16. The van der Waals surface area contributed by atoms with E-state index in [1.807, 2.05) is 0 Å². The second-order valence-corrected chi connectivity index (χ2v) is 6.67. The van der Waals surface area contributed by atoms with Crippen molar-refractivity contribution >= 4 is 15.5 Å². The Labute approximate surface area is 117 Å². The summed E-state index contributed by atoms with van der Waals surface area (Å²) in [6.07, 6.45) is 0.298. The van der Waals surface area contributed by atoms with Crippen LogP contribution < -0.4 is 10.5 Å². The van der Waals surface area contributed by atoms with Gasteiger partial charge in [0.2, 0.25) is 0 Å². The number of nitrogens with zero attached hydrogens (tertiary/aromatic N) is 1. The van der Waals surface area contributed by atoms with Crippen molar-refractivity contribution in [3.63, 3.8) is 0 Å². The fraction of sp³-hybridized carbons (Fsp3) is 0.500. The van der Waals surface area contributed by atoms with E-state index in [0.29, 0.717) is 12.0 Å². The maximum absolute atomic E-state index is 11.3. The Bertz CT molecular complexity index is 571. The van der Waals surface area contributed by atoms with Gasteiger partial charge in [-0.25, -0.2) is 8.42 Å². The molecule has 0 heterocycles. The number of rotatable bonds is 8. The molecule has 20 heavy (non-hydrogen) atoms. The van der Waals surface area contributed by atoms with Gasteiger partial charge >= 0.3 is 5.69 Å². The van der Waals surface area contributed by atoms with Crippen molar-refractivity contribution in [2.45, 2.75) is 19.9 Å².